The highest BCUT2D eigenvalue weighted by Crippen LogP contribution is 2.59. The molecule has 2 aliphatic rings. The van der Waals surface area contributed by atoms with E-state index in [9.17, 15) is 0 Å². The molecule has 0 amide bonds. The standard InChI is InChI=1S/C26H25P/c1-4-10-20(11-5-1)18-22-19-21-16-17-25(22)26(21)27(23-12-6-2-7-13-23)24-14-8-3-9-15-24/h1-15,19,21,25-26H,16-18H2/t21-,25+,26?/m1/s1. The Balaban J connectivity index is 1.49. The van der Waals surface area contributed by atoms with Crippen LogP contribution in [-0.2, 0) is 6.42 Å². The number of hydrogen-bond acceptors (Lipinski definition) is 0. The van der Waals surface area contributed by atoms with E-state index in [4.69, 9.17) is 0 Å². The summed E-state index contributed by atoms with van der Waals surface area (Å²) in [5.41, 5.74) is 3.92. The van der Waals surface area contributed by atoms with Crippen molar-refractivity contribution in [3.8, 4) is 0 Å². The molecule has 0 nitrogen and oxygen atoms in total. The van der Waals surface area contributed by atoms with Gasteiger partial charge in [-0.1, -0.05) is 103 Å². The maximum atomic E-state index is 2.65. The first-order valence-corrected chi connectivity index (χ1v) is 11.4. The molecule has 1 unspecified atom stereocenters. The Morgan fingerprint density at radius 2 is 1.22 bits per heavy atom. The zero-order valence-electron chi connectivity index (χ0n) is 15.5. The monoisotopic (exact) mass is 368 g/mol. The highest BCUT2D eigenvalue weighted by molar-refractivity contribution is 7.73. The van der Waals surface area contributed by atoms with Gasteiger partial charge in [-0.05, 0) is 60.9 Å². The number of rotatable bonds is 5. The molecule has 0 spiro atoms. The van der Waals surface area contributed by atoms with Crippen molar-refractivity contribution < 1.29 is 0 Å². The van der Waals surface area contributed by atoms with Gasteiger partial charge in [-0.2, -0.15) is 0 Å². The summed E-state index contributed by atoms with van der Waals surface area (Å²) < 4.78 is 0. The highest BCUT2D eigenvalue weighted by Gasteiger charge is 2.46. The molecule has 5 rings (SSSR count). The van der Waals surface area contributed by atoms with Gasteiger partial charge in [0.1, 0.15) is 0 Å². The Morgan fingerprint density at radius 3 is 1.81 bits per heavy atom. The van der Waals surface area contributed by atoms with E-state index in [0.29, 0.717) is 0 Å². The van der Waals surface area contributed by atoms with Crippen LogP contribution in [0.5, 0.6) is 0 Å². The molecule has 1 fully saturated rings. The van der Waals surface area contributed by atoms with Gasteiger partial charge in [0.05, 0.1) is 0 Å². The van der Waals surface area contributed by atoms with E-state index in [2.05, 4.69) is 97.1 Å². The normalized spacial score (nSPS) is 23.6. The summed E-state index contributed by atoms with van der Waals surface area (Å²) in [7, 11) is -0.322. The van der Waals surface area contributed by atoms with Gasteiger partial charge in [-0.25, -0.2) is 0 Å². The molecule has 0 radical (unpaired) electrons. The van der Waals surface area contributed by atoms with Crippen LogP contribution < -0.4 is 10.6 Å². The first-order chi connectivity index (χ1) is 13.4. The fraction of sp³-hybridized carbons (Fsp3) is 0.231. The Kier molecular flexibility index (Phi) is 4.68. The topological polar surface area (TPSA) is 0 Å². The smallest absolute Gasteiger partial charge is 0.0000110 e. The highest BCUT2D eigenvalue weighted by atomic mass is 31.1. The molecular weight excluding hydrogens is 343 g/mol. The van der Waals surface area contributed by atoms with Crippen LogP contribution in [0.2, 0.25) is 0 Å². The maximum Gasteiger partial charge on any atom is -0.0000110 e. The lowest BCUT2D eigenvalue weighted by Gasteiger charge is -2.30. The molecule has 1 heteroatoms. The van der Waals surface area contributed by atoms with Crippen molar-refractivity contribution in [2.24, 2.45) is 11.8 Å². The van der Waals surface area contributed by atoms with Gasteiger partial charge < -0.3 is 0 Å². The summed E-state index contributed by atoms with van der Waals surface area (Å²) in [5.74, 6) is 1.50. The van der Waals surface area contributed by atoms with E-state index >= 15 is 0 Å². The van der Waals surface area contributed by atoms with Crippen molar-refractivity contribution in [2.75, 3.05) is 0 Å². The van der Waals surface area contributed by atoms with Crippen LogP contribution in [0.3, 0.4) is 0 Å². The zero-order valence-corrected chi connectivity index (χ0v) is 16.4. The summed E-state index contributed by atoms with van der Waals surface area (Å²) in [6, 6.07) is 33.6. The molecule has 2 aliphatic carbocycles. The third-order valence-corrected chi connectivity index (χ3v) is 9.23. The molecule has 3 atom stereocenters. The Labute approximate surface area is 163 Å². The molecule has 0 aliphatic heterocycles. The summed E-state index contributed by atoms with van der Waals surface area (Å²) in [6.45, 7) is 0. The van der Waals surface area contributed by atoms with E-state index in [-0.39, 0.29) is 7.92 Å². The molecule has 0 aromatic heterocycles. The Morgan fingerprint density at radius 1 is 0.667 bits per heavy atom. The summed E-state index contributed by atoms with van der Waals surface area (Å²) in [5, 5.41) is 3.07. The van der Waals surface area contributed by atoms with Gasteiger partial charge in [0, 0.05) is 0 Å². The van der Waals surface area contributed by atoms with E-state index in [1.807, 2.05) is 0 Å². The first kappa shape index (κ1) is 17.0. The van der Waals surface area contributed by atoms with Crippen molar-refractivity contribution in [3.05, 3.63) is 108 Å². The quantitative estimate of drug-likeness (QED) is 0.400. The molecule has 0 saturated heterocycles. The van der Waals surface area contributed by atoms with E-state index in [1.165, 1.54) is 29.0 Å². The second-order valence-electron chi connectivity index (χ2n) is 7.78. The van der Waals surface area contributed by atoms with Crippen LogP contribution in [0.1, 0.15) is 18.4 Å². The van der Waals surface area contributed by atoms with Gasteiger partial charge in [-0.3, -0.25) is 0 Å². The van der Waals surface area contributed by atoms with Gasteiger partial charge >= 0.3 is 0 Å². The predicted octanol–water partition coefficient (Wildman–Crippen LogP) is 5.70. The van der Waals surface area contributed by atoms with Crippen LogP contribution >= 0.6 is 7.92 Å². The average Bonchev–Trinajstić information content (AvgIpc) is 3.28. The molecule has 2 bridgehead atoms. The molecule has 134 valence electrons. The molecule has 1 saturated carbocycles. The van der Waals surface area contributed by atoms with E-state index in [1.54, 1.807) is 5.57 Å². The van der Waals surface area contributed by atoms with Gasteiger partial charge in [-0.15, -0.1) is 0 Å². The lowest BCUT2D eigenvalue weighted by Crippen LogP contribution is -2.26. The minimum Gasteiger partial charge on any atom is -0.0809 e. The molecule has 27 heavy (non-hydrogen) atoms. The van der Waals surface area contributed by atoms with Gasteiger partial charge in [0.15, 0.2) is 0 Å². The SMILES string of the molecule is C1=C(Cc2ccccc2)[C@@H]2CC[C@H]1C2P(c1ccccc1)c1ccccc1. The Hall–Kier alpha value is -2.17. The fourth-order valence-corrected chi connectivity index (χ4v) is 8.35. The second-order valence-corrected chi connectivity index (χ2v) is 10.2. The second kappa shape index (κ2) is 7.45. The van der Waals surface area contributed by atoms with Crippen molar-refractivity contribution >= 4 is 18.5 Å². The number of benzene rings is 3. The molecule has 0 N–H and O–H groups in total. The minimum atomic E-state index is -0.322. The predicted molar refractivity (Wildman–Crippen MR) is 117 cm³/mol. The van der Waals surface area contributed by atoms with Crippen LogP contribution in [0, 0.1) is 11.8 Å². The molecule has 3 aromatic carbocycles. The third kappa shape index (κ3) is 3.28. The maximum absolute atomic E-state index is 2.65. The lowest BCUT2D eigenvalue weighted by atomic mass is 9.93. The van der Waals surface area contributed by atoms with E-state index < -0.39 is 0 Å². The largest absolute Gasteiger partial charge is 0.0809 e. The van der Waals surface area contributed by atoms with Crippen LogP contribution in [0.25, 0.3) is 0 Å². The van der Waals surface area contributed by atoms with Crippen LogP contribution in [0.4, 0.5) is 0 Å². The average molecular weight is 368 g/mol. The number of hydrogen-bond donors (Lipinski definition) is 0. The van der Waals surface area contributed by atoms with Crippen LogP contribution in [-0.4, -0.2) is 5.66 Å². The molecule has 3 aromatic rings. The fourth-order valence-electron chi connectivity index (χ4n) is 5.06. The summed E-state index contributed by atoms with van der Waals surface area (Å²) >= 11 is 0. The number of fused-ring (bicyclic) bond motifs is 2. The molecule has 0 heterocycles. The van der Waals surface area contributed by atoms with Gasteiger partial charge in [0.25, 0.3) is 0 Å². The molecular formula is C26H25P. The van der Waals surface area contributed by atoms with Crippen molar-refractivity contribution in [2.45, 2.75) is 24.9 Å². The van der Waals surface area contributed by atoms with Crippen molar-refractivity contribution in [1.29, 1.82) is 0 Å². The number of allylic oxidation sites excluding steroid dienone is 2. The Bertz CT molecular complexity index is 875. The summed E-state index contributed by atoms with van der Waals surface area (Å²) in [6.07, 6.45) is 6.51. The van der Waals surface area contributed by atoms with Gasteiger partial charge in [0.2, 0.25) is 0 Å². The lowest BCUT2D eigenvalue weighted by molar-refractivity contribution is 0.647. The first-order valence-electron chi connectivity index (χ1n) is 10.0. The van der Waals surface area contributed by atoms with Crippen molar-refractivity contribution in [1.82, 2.24) is 0 Å². The summed E-state index contributed by atoms with van der Waals surface area (Å²) in [4.78, 5) is 0. The van der Waals surface area contributed by atoms with Crippen molar-refractivity contribution in [3.63, 3.8) is 0 Å². The van der Waals surface area contributed by atoms with Crippen LogP contribution in [0.15, 0.2) is 103 Å². The van der Waals surface area contributed by atoms with E-state index in [0.717, 1.165) is 23.9 Å². The zero-order chi connectivity index (χ0) is 18.1. The third-order valence-electron chi connectivity index (χ3n) is 6.18. The minimum absolute atomic E-state index is 0.322.